The van der Waals surface area contributed by atoms with E-state index in [9.17, 15) is 14.9 Å². The molecule has 0 radical (unpaired) electrons. The van der Waals surface area contributed by atoms with E-state index in [1.54, 1.807) is 36.5 Å². The van der Waals surface area contributed by atoms with E-state index in [-0.39, 0.29) is 18.7 Å². The van der Waals surface area contributed by atoms with E-state index in [2.05, 4.69) is 6.07 Å². The Kier molecular flexibility index (Phi) is 10.5. The lowest BCUT2D eigenvalue weighted by Crippen LogP contribution is -2.25. The molecule has 0 aliphatic carbocycles. The van der Waals surface area contributed by atoms with Crippen LogP contribution in [-0.2, 0) is 22.5 Å². The Morgan fingerprint density at radius 1 is 1.28 bits per heavy atom. The maximum absolute atomic E-state index is 12.5. The SMILES string of the molecule is C/C=C/COC(=O)Cn1cc(CCC)c(-c2cc(Cl)ccc2C#N)cc1=O.CC. The zero-order valence-corrected chi connectivity index (χ0v) is 18.1. The lowest BCUT2D eigenvalue weighted by molar-refractivity contribution is -0.143. The number of aromatic nitrogens is 1. The quantitative estimate of drug-likeness (QED) is 0.464. The number of pyridine rings is 1. The standard InChI is InChI=1S/C21H21ClN2O3.C2H6/c1-3-5-9-27-21(26)14-24-13-16(6-4-2)19(11-20(24)25)18-10-17(22)8-7-15(18)12-23;1-2/h3,5,7-8,10-11,13H,4,6,9,14H2,1-2H3;1-2H3/b5-3+;. The van der Waals surface area contributed by atoms with E-state index in [0.29, 0.717) is 28.1 Å². The maximum Gasteiger partial charge on any atom is 0.326 e. The third-order valence-corrected chi connectivity index (χ3v) is 4.23. The lowest BCUT2D eigenvalue weighted by Gasteiger charge is -2.14. The van der Waals surface area contributed by atoms with Crippen LogP contribution in [0.2, 0.25) is 5.02 Å². The zero-order valence-electron chi connectivity index (χ0n) is 17.4. The Bertz CT molecular complexity index is 956. The largest absolute Gasteiger partial charge is 0.460 e. The van der Waals surface area contributed by atoms with E-state index in [0.717, 1.165) is 12.0 Å². The average Bonchev–Trinajstić information content (AvgIpc) is 2.72. The molecular weight excluding hydrogens is 388 g/mol. The van der Waals surface area contributed by atoms with Gasteiger partial charge >= 0.3 is 5.97 Å². The van der Waals surface area contributed by atoms with Gasteiger partial charge in [0.1, 0.15) is 13.2 Å². The summed E-state index contributed by atoms with van der Waals surface area (Å²) in [4.78, 5) is 24.5. The number of ether oxygens (including phenoxy) is 1. The third kappa shape index (κ3) is 6.92. The van der Waals surface area contributed by atoms with E-state index in [1.807, 2.05) is 27.7 Å². The average molecular weight is 415 g/mol. The van der Waals surface area contributed by atoms with Crippen molar-refractivity contribution < 1.29 is 9.53 Å². The fourth-order valence-electron chi connectivity index (χ4n) is 2.72. The zero-order chi connectivity index (χ0) is 21.8. The number of nitriles is 1. The number of rotatable bonds is 7. The highest BCUT2D eigenvalue weighted by Gasteiger charge is 2.14. The van der Waals surface area contributed by atoms with Crippen molar-refractivity contribution in [2.75, 3.05) is 6.61 Å². The molecule has 2 rings (SSSR count). The maximum atomic E-state index is 12.5. The van der Waals surface area contributed by atoms with E-state index in [4.69, 9.17) is 16.3 Å². The van der Waals surface area contributed by atoms with Crippen molar-refractivity contribution >= 4 is 17.6 Å². The number of carbonyl (C=O) groups is 1. The highest BCUT2D eigenvalue weighted by Crippen LogP contribution is 2.29. The van der Waals surface area contributed by atoms with Crippen molar-refractivity contribution in [2.24, 2.45) is 0 Å². The molecule has 0 aliphatic heterocycles. The molecule has 0 fully saturated rings. The molecule has 5 nitrogen and oxygen atoms in total. The predicted octanol–water partition coefficient (Wildman–Crippen LogP) is 5.14. The Labute approximate surface area is 177 Å². The molecule has 0 aliphatic rings. The summed E-state index contributed by atoms with van der Waals surface area (Å²) in [6, 6.07) is 8.56. The van der Waals surface area contributed by atoms with Crippen LogP contribution in [0.4, 0.5) is 0 Å². The second-order valence-electron chi connectivity index (χ2n) is 5.98. The van der Waals surface area contributed by atoms with Gasteiger partial charge in [-0.3, -0.25) is 9.59 Å². The number of benzene rings is 1. The number of halogens is 1. The van der Waals surface area contributed by atoms with Crippen LogP contribution in [-0.4, -0.2) is 17.1 Å². The van der Waals surface area contributed by atoms with Crippen LogP contribution in [0.1, 0.15) is 45.2 Å². The minimum absolute atomic E-state index is 0.159. The van der Waals surface area contributed by atoms with Crippen LogP contribution in [0.25, 0.3) is 11.1 Å². The van der Waals surface area contributed by atoms with Crippen molar-refractivity contribution in [2.45, 2.75) is 47.1 Å². The first kappa shape index (κ1) is 24.2. The van der Waals surface area contributed by atoms with Crippen molar-refractivity contribution in [1.29, 1.82) is 5.26 Å². The summed E-state index contributed by atoms with van der Waals surface area (Å²) >= 11 is 6.09. The number of carbonyl (C=O) groups excluding carboxylic acids is 1. The summed E-state index contributed by atoms with van der Waals surface area (Å²) in [6.45, 7) is 7.87. The number of nitrogens with zero attached hydrogens (tertiary/aromatic N) is 2. The molecule has 0 atom stereocenters. The molecule has 0 N–H and O–H groups in total. The summed E-state index contributed by atoms with van der Waals surface area (Å²) in [7, 11) is 0. The van der Waals surface area contributed by atoms with E-state index in [1.165, 1.54) is 10.6 Å². The summed E-state index contributed by atoms with van der Waals surface area (Å²) < 4.78 is 6.40. The van der Waals surface area contributed by atoms with Crippen LogP contribution < -0.4 is 5.56 Å². The summed E-state index contributed by atoms with van der Waals surface area (Å²) in [5.74, 6) is -0.481. The normalized spacial score (nSPS) is 10.2. The highest BCUT2D eigenvalue weighted by atomic mass is 35.5. The fraction of sp³-hybridized carbons (Fsp3) is 0.348. The molecule has 2 aromatic rings. The second kappa shape index (κ2) is 12.6. The second-order valence-corrected chi connectivity index (χ2v) is 6.42. The molecule has 0 saturated heterocycles. The third-order valence-electron chi connectivity index (χ3n) is 4.00. The molecule has 0 saturated carbocycles. The van der Waals surface area contributed by atoms with Crippen LogP contribution in [0.15, 0.2) is 47.4 Å². The fourth-order valence-corrected chi connectivity index (χ4v) is 2.89. The predicted molar refractivity (Wildman–Crippen MR) is 117 cm³/mol. The molecule has 0 bridgehead atoms. The summed E-state index contributed by atoms with van der Waals surface area (Å²) in [5, 5.41) is 9.88. The molecular formula is C23H27ClN2O3. The summed E-state index contributed by atoms with van der Waals surface area (Å²) in [6.07, 6.45) is 6.71. The molecule has 1 heterocycles. The van der Waals surface area contributed by atoms with Crippen molar-refractivity contribution in [3.8, 4) is 17.2 Å². The minimum atomic E-state index is -0.481. The molecule has 0 amide bonds. The van der Waals surface area contributed by atoms with Crippen LogP contribution in [0.3, 0.4) is 0 Å². The number of hydrogen-bond donors (Lipinski definition) is 0. The molecule has 1 aromatic heterocycles. The Morgan fingerprint density at radius 2 is 2.00 bits per heavy atom. The monoisotopic (exact) mass is 414 g/mol. The Hall–Kier alpha value is -2.84. The number of allylic oxidation sites excluding steroid dienone is 1. The van der Waals surface area contributed by atoms with Gasteiger partial charge in [0.15, 0.2) is 0 Å². The van der Waals surface area contributed by atoms with Crippen molar-refractivity contribution in [3.63, 3.8) is 0 Å². The molecule has 0 spiro atoms. The van der Waals surface area contributed by atoms with Gasteiger partial charge in [-0.15, -0.1) is 0 Å². The van der Waals surface area contributed by atoms with Crippen molar-refractivity contribution in [1.82, 2.24) is 4.57 Å². The van der Waals surface area contributed by atoms with Gasteiger partial charge in [0.25, 0.3) is 5.56 Å². The van der Waals surface area contributed by atoms with Gasteiger partial charge < -0.3 is 9.30 Å². The highest BCUT2D eigenvalue weighted by molar-refractivity contribution is 6.30. The minimum Gasteiger partial charge on any atom is -0.460 e. The van der Waals surface area contributed by atoms with Gasteiger partial charge in [0.05, 0.1) is 11.6 Å². The first-order valence-electron chi connectivity index (χ1n) is 9.70. The van der Waals surface area contributed by atoms with Crippen LogP contribution in [0, 0.1) is 11.3 Å². The summed E-state index contributed by atoms with van der Waals surface area (Å²) in [5.41, 5.74) is 2.27. The van der Waals surface area contributed by atoms with Crippen LogP contribution in [0.5, 0.6) is 0 Å². The van der Waals surface area contributed by atoms with Gasteiger partial charge in [-0.1, -0.05) is 50.9 Å². The first-order valence-corrected chi connectivity index (χ1v) is 10.1. The molecule has 29 heavy (non-hydrogen) atoms. The van der Waals surface area contributed by atoms with E-state index >= 15 is 0 Å². The lowest BCUT2D eigenvalue weighted by atomic mass is 9.95. The van der Waals surface area contributed by atoms with Gasteiger partial charge in [0, 0.05) is 22.8 Å². The van der Waals surface area contributed by atoms with Gasteiger partial charge in [-0.05, 0) is 42.7 Å². The Balaban J connectivity index is 0.00000204. The van der Waals surface area contributed by atoms with Gasteiger partial charge in [-0.25, -0.2) is 0 Å². The van der Waals surface area contributed by atoms with Gasteiger partial charge in [0.2, 0.25) is 0 Å². The smallest absolute Gasteiger partial charge is 0.326 e. The number of aryl methyl sites for hydroxylation is 1. The number of esters is 1. The van der Waals surface area contributed by atoms with Crippen molar-refractivity contribution in [3.05, 3.63) is 69.1 Å². The molecule has 1 aromatic carbocycles. The molecule has 154 valence electrons. The number of hydrogen-bond acceptors (Lipinski definition) is 4. The van der Waals surface area contributed by atoms with Crippen LogP contribution >= 0.6 is 11.6 Å². The Morgan fingerprint density at radius 3 is 2.62 bits per heavy atom. The molecule has 0 unspecified atom stereocenters. The first-order chi connectivity index (χ1) is 14.0. The molecule has 6 heteroatoms. The topological polar surface area (TPSA) is 72.1 Å². The van der Waals surface area contributed by atoms with E-state index < -0.39 is 5.97 Å². The van der Waals surface area contributed by atoms with Gasteiger partial charge in [-0.2, -0.15) is 5.26 Å².